The fraction of sp³-hybridized carbons (Fsp3) is 0.400. The highest BCUT2D eigenvalue weighted by Crippen LogP contribution is 2.31. The number of ether oxygens (including phenoxy) is 1. The van der Waals surface area contributed by atoms with E-state index in [4.69, 9.17) is 9.72 Å². The van der Waals surface area contributed by atoms with Crippen LogP contribution in [0.25, 0.3) is 10.4 Å². The van der Waals surface area contributed by atoms with Gasteiger partial charge in [0, 0.05) is 19.7 Å². The van der Waals surface area contributed by atoms with Crippen molar-refractivity contribution in [2.75, 3.05) is 7.11 Å². The Kier molecular flexibility index (Phi) is 3.92. The molecule has 0 spiro atoms. The van der Waals surface area contributed by atoms with Crippen LogP contribution in [0, 0.1) is 0 Å². The minimum atomic E-state index is 0.591. The Hall–Kier alpha value is -1.23. The molecule has 3 rings (SSSR count). The van der Waals surface area contributed by atoms with Crippen molar-refractivity contribution < 1.29 is 4.74 Å². The molecule has 0 amide bonds. The van der Waals surface area contributed by atoms with Gasteiger partial charge in [0.05, 0.1) is 17.2 Å². The molecule has 0 bridgehead atoms. The van der Waals surface area contributed by atoms with Crippen molar-refractivity contribution in [1.82, 2.24) is 10.3 Å². The van der Waals surface area contributed by atoms with Crippen molar-refractivity contribution in [1.29, 1.82) is 0 Å². The van der Waals surface area contributed by atoms with Crippen LogP contribution in [0.3, 0.4) is 0 Å². The van der Waals surface area contributed by atoms with E-state index in [0.717, 1.165) is 17.2 Å². The van der Waals surface area contributed by atoms with E-state index >= 15 is 0 Å². The maximum Gasteiger partial charge on any atom is 0.119 e. The van der Waals surface area contributed by atoms with Crippen molar-refractivity contribution in [2.24, 2.45) is 0 Å². The predicted molar refractivity (Wildman–Crippen MR) is 78.1 cm³/mol. The number of nitrogens with zero attached hydrogens (tertiary/aromatic N) is 1. The number of methoxy groups -OCH3 is 1. The maximum absolute atomic E-state index is 5.20. The molecule has 1 aliphatic carbocycles. The highest BCUT2D eigenvalue weighted by molar-refractivity contribution is 7.15. The average molecular weight is 274 g/mol. The second-order valence-corrected chi connectivity index (χ2v) is 5.92. The average Bonchev–Trinajstić information content (AvgIpc) is 3.19. The third-order valence-electron chi connectivity index (χ3n) is 3.18. The number of benzene rings is 1. The highest BCUT2D eigenvalue weighted by atomic mass is 32.1. The molecule has 2 aromatic rings. The molecule has 100 valence electrons. The summed E-state index contributed by atoms with van der Waals surface area (Å²) in [5, 5.41) is 4.59. The zero-order valence-electron chi connectivity index (χ0n) is 11.1. The van der Waals surface area contributed by atoms with Crippen LogP contribution >= 0.6 is 11.3 Å². The zero-order chi connectivity index (χ0) is 13.1. The van der Waals surface area contributed by atoms with Crippen LogP contribution in [-0.4, -0.2) is 18.1 Å². The van der Waals surface area contributed by atoms with Crippen molar-refractivity contribution in [2.45, 2.75) is 32.0 Å². The molecule has 1 aromatic heterocycles. The smallest absolute Gasteiger partial charge is 0.119 e. The first-order chi connectivity index (χ1) is 9.36. The number of hydrogen-bond donors (Lipinski definition) is 1. The van der Waals surface area contributed by atoms with Gasteiger partial charge < -0.3 is 10.1 Å². The van der Waals surface area contributed by atoms with Gasteiger partial charge in [0.15, 0.2) is 0 Å². The molecular weight excluding hydrogens is 256 g/mol. The largest absolute Gasteiger partial charge is 0.378 e. The van der Waals surface area contributed by atoms with Gasteiger partial charge in [-0.3, -0.25) is 0 Å². The lowest BCUT2D eigenvalue weighted by Gasteiger charge is -2.03. The molecule has 1 saturated carbocycles. The SMILES string of the molecule is COCc1nc(CNC2CC2)c(-c2ccccc2)s1. The molecular formula is C15H18N2OS. The second kappa shape index (κ2) is 5.82. The van der Waals surface area contributed by atoms with Crippen molar-refractivity contribution in [3.63, 3.8) is 0 Å². The first-order valence-electron chi connectivity index (χ1n) is 6.63. The van der Waals surface area contributed by atoms with Gasteiger partial charge in [-0.25, -0.2) is 4.98 Å². The molecule has 19 heavy (non-hydrogen) atoms. The molecule has 1 N–H and O–H groups in total. The number of thiazole rings is 1. The van der Waals surface area contributed by atoms with Crippen molar-refractivity contribution in [3.8, 4) is 10.4 Å². The molecule has 1 aliphatic rings. The number of nitrogens with one attached hydrogen (secondary N) is 1. The Balaban J connectivity index is 1.86. The summed E-state index contributed by atoms with van der Waals surface area (Å²) in [4.78, 5) is 5.97. The van der Waals surface area contributed by atoms with Crippen LogP contribution in [-0.2, 0) is 17.9 Å². The molecule has 1 heterocycles. The summed E-state index contributed by atoms with van der Waals surface area (Å²) in [5.74, 6) is 0. The molecule has 0 atom stereocenters. The van der Waals surface area contributed by atoms with Crippen LogP contribution < -0.4 is 5.32 Å². The molecule has 4 heteroatoms. The Bertz CT molecular complexity index is 534. The standard InChI is InChI=1S/C15H18N2OS/c1-18-10-14-17-13(9-16-12-7-8-12)15(19-14)11-5-3-2-4-6-11/h2-6,12,16H,7-10H2,1H3. The van der Waals surface area contributed by atoms with Gasteiger partial charge in [0.25, 0.3) is 0 Å². The van der Waals surface area contributed by atoms with Gasteiger partial charge in [0.2, 0.25) is 0 Å². The van der Waals surface area contributed by atoms with E-state index in [0.29, 0.717) is 12.6 Å². The van der Waals surface area contributed by atoms with Gasteiger partial charge in [-0.1, -0.05) is 30.3 Å². The summed E-state index contributed by atoms with van der Waals surface area (Å²) < 4.78 is 5.20. The van der Waals surface area contributed by atoms with Gasteiger partial charge in [-0.2, -0.15) is 0 Å². The van der Waals surface area contributed by atoms with Crippen molar-refractivity contribution >= 4 is 11.3 Å². The van der Waals surface area contributed by atoms with Crippen LogP contribution in [0.4, 0.5) is 0 Å². The minimum Gasteiger partial charge on any atom is -0.378 e. The van der Waals surface area contributed by atoms with Crippen LogP contribution in [0.1, 0.15) is 23.5 Å². The number of hydrogen-bond acceptors (Lipinski definition) is 4. The molecule has 0 radical (unpaired) electrons. The van der Waals surface area contributed by atoms with E-state index < -0.39 is 0 Å². The highest BCUT2D eigenvalue weighted by Gasteiger charge is 2.22. The molecule has 0 unspecified atom stereocenters. The zero-order valence-corrected chi connectivity index (χ0v) is 11.9. The Labute approximate surface area is 117 Å². The molecule has 1 aromatic carbocycles. The molecule has 3 nitrogen and oxygen atoms in total. The third-order valence-corrected chi connectivity index (χ3v) is 4.30. The Morgan fingerprint density at radius 2 is 2.11 bits per heavy atom. The third kappa shape index (κ3) is 3.21. The first-order valence-corrected chi connectivity index (χ1v) is 7.45. The number of rotatable bonds is 6. The fourth-order valence-electron chi connectivity index (χ4n) is 2.05. The summed E-state index contributed by atoms with van der Waals surface area (Å²) in [6, 6.07) is 11.2. The Morgan fingerprint density at radius 1 is 1.32 bits per heavy atom. The van der Waals surface area contributed by atoms with E-state index in [2.05, 4.69) is 29.6 Å². The van der Waals surface area contributed by atoms with E-state index in [1.165, 1.54) is 23.3 Å². The van der Waals surface area contributed by atoms with E-state index in [9.17, 15) is 0 Å². The predicted octanol–water partition coefficient (Wildman–Crippen LogP) is 3.21. The minimum absolute atomic E-state index is 0.591. The summed E-state index contributed by atoms with van der Waals surface area (Å²) in [6.45, 7) is 1.45. The van der Waals surface area contributed by atoms with Gasteiger partial charge in [0.1, 0.15) is 5.01 Å². The summed E-state index contributed by atoms with van der Waals surface area (Å²) >= 11 is 1.73. The molecule has 1 fully saturated rings. The number of aromatic nitrogens is 1. The monoisotopic (exact) mass is 274 g/mol. The van der Waals surface area contributed by atoms with Crippen molar-refractivity contribution in [3.05, 3.63) is 41.0 Å². The quantitative estimate of drug-likeness (QED) is 0.878. The van der Waals surface area contributed by atoms with Gasteiger partial charge in [-0.15, -0.1) is 11.3 Å². The van der Waals surface area contributed by atoms with Gasteiger partial charge >= 0.3 is 0 Å². The summed E-state index contributed by atoms with van der Waals surface area (Å²) in [5.41, 5.74) is 2.39. The van der Waals surface area contributed by atoms with E-state index in [1.807, 2.05) is 6.07 Å². The topological polar surface area (TPSA) is 34.1 Å². The van der Waals surface area contributed by atoms with Crippen LogP contribution in [0.15, 0.2) is 30.3 Å². The maximum atomic E-state index is 5.20. The summed E-state index contributed by atoms with van der Waals surface area (Å²) in [7, 11) is 1.71. The van der Waals surface area contributed by atoms with Crippen LogP contribution in [0.2, 0.25) is 0 Å². The van der Waals surface area contributed by atoms with Crippen LogP contribution in [0.5, 0.6) is 0 Å². The van der Waals surface area contributed by atoms with Gasteiger partial charge in [-0.05, 0) is 18.4 Å². The first kappa shape index (κ1) is 12.8. The Morgan fingerprint density at radius 3 is 2.79 bits per heavy atom. The molecule has 0 saturated heterocycles. The van der Waals surface area contributed by atoms with E-state index in [1.54, 1.807) is 18.4 Å². The second-order valence-electron chi connectivity index (χ2n) is 4.84. The lowest BCUT2D eigenvalue weighted by molar-refractivity contribution is 0.184. The lowest BCUT2D eigenvalue weighted by atomic mass is 10.1. The summed E-state index contributed by atoms with van der Waals surface area (Å²) in [6.07, 6.45) is 2.60. The lowest BCUT2D eigenvalue weighted by Crippen LogP contribution is -2.16. The molecule has 0 aliphatic heterocycles. The van der Waals surface area contributed by atoms with E-state index in [-0.39, 0.29) is 0 Å². The fourth-order valence-corrected chi connectivity index (χ4v) is 3.11. The normalized spacial score (nSPS) is 14.8.